The first kappa shape index (κ1) is 19.1. The van der Waals surface area contributed by atoms with Crippen molar-refractivity contribution in [2.75, 3.05) is 6.61 Å². The van der Waals surface area contributed by atoms with Gasteiger partial charge in [-0.15, -0.1) is 0 Å². The van der Waals surface area contributed by atoms with E-state index in [1.54, 1.807) is 0 Å². The first-order valence-corrected chi connectivity index (χ1v) is 10.1. The summed E-state index contributed by atoms with van der Waals surface area (Å²) in [5, 5.41) is 4.17. The molecule has 146 valence electrons. The number of esters is 1. The van der Waals surface area contributed by atoms with Crippen molar-refractivity contribution in [1.29, 1.82) is 0 Å². The normalized spacial score (nSPS) is 11.3. The Morgan fingerprint density at radius 3 is 2.52 bits per heavy atom. The summed E-state index contributed by atoms with van der Waals surface area (Å²) in [6.45, 7) is 6.64. The predicted octanol–water partition coefficient (Wildman–Crippen LogP) is 6.43. The van der Waals surface area contributed by atoms with Gasteiger partial charge in [-0.05, 0) is 47.7 Å². The lowest BCUT2D eigenvalue weighted by Crippen LogP contribution is -2.05. The number of nitrogens with zero attached hydrogens (tertiary/aromatic N) is 1. The van der Waals surface area contributed by atoms with Crippen molar-refractivity contribution in [3.05, 3.63) is 78.0 Å². The molecule has 0 N–H and O–H groups in total. The fraction of sp³-hybridized carbons (Fsp3) is 0.231. The molecule has 0 saturated heterocycles. The van der Waals surface area contributed by atoms with Crippen molar-refractivity contribution in [1.82, 2.24) is 4.98 Å². The quantitative estimate of drug-likeness (QED) is 0.373. The van der Waals surface area contributed by atoms with E-state index in [-0.39, 0.29) is 5.97 Å². The van der Waals surface area contributed by atoms with E-state index in [1.165, 1.54) is 10.9 Å². The minimum absolute atomic E-state index is 0.300. The summed E-state index contributed by atoms with van der Waals surface area (Å²) in [4.78, 5) is 17.3. The van der Waals surface area contributed by atoms with Crippen LogP contribution in [0.4, 0.5) is 0 Å². The number of pyridine rings is 1. The number of carbonyl (C=O) groups is 1. The topological polar surface area (TPSA) is 39.2 Å². The van der Waals surface area contributed by atoms with Gasteiger partial charge in [0.15, 0.2) is 0 Å². The van der Waals surface area contributed by atoms with Crippen LogP contribution in [0.15, 0.2) is 66.9 Å². The highest BCUT2D eigenvalue weighted by Gasteiger charge is 2.15. The van der Waals surface area contributed by atoms with Gasteiger partial charge in [-0.1, -0.05) is 62.4 Å². The number of hydrogen-bond donors (Lipinski definition) is 0. The van der Waals surface area contributed by atoms with Gasteiger partial charge in [0.05, 0.1) is 17.9 Å². The molecule has 0 radical (unpaired) electrons. The molecule has 0 bridgehead atoms. The molecule has 1 aromatic heterocycles. The second kappa shape index (κ2) is 8.04. The number of carbonyl (C=O) groups excluding carboxylic acids is 1. The van der Waals surface area contributed by atoms with Gasteiger partial charge in [0.1, 0.15) is 0 Å². The number of fused-ring (bicyclic) bond motifs is 2. The van der Waals surface area contributed by atoms with Crippen LogP contribution in [0.3, 0.4) is 0 Å². The lowest BCUT2D eigenvalue weighted by molar-refractivity contribution is 0.0528. The van der Waals surface area contributed by atoms with Gasteiger partial charge in [-0.3, -0.25) is 4.98 Å². The third kappa shape index (κ3) is 3.86. The Labute approximate surface area is 171 Å². The third-order valence-electron chi connectivity index (χ3n) is 5.11. The maximum atomic E-state index is 12.6. The maximum Gasteiger partial charge on any atom is 0.338 e. The highest BCUT2D eigenvalue weighted by atomic mass is 16.5. The van der Waals surface area contributed by atoms with Gasteiger partial charge in [-0.2, -0.15) is 0 Å². The second-order valence-corrected chi connectivity index (χ2v) is 7.78. The zero-order valence-electron chi connectivity index (χ0n) is 17.1. The minimum atomic E-state index is -0.300. The fourth-order valence-corrected chi connectivity index (χ4v) is 3.87. The minimum Gasteiger partial charge on any atom is -0.462 e. The van der Waals surface area contributed by atoms with Crippen LogP contribution < -0.4 is 0 Å². The lowest BCUT2D eigenvalue weighted by atomic mass is 9.95. The van der Waals surface area contributed by atoms with Crippen LogP contribution >= 0.6 is 0 Å². The SMILES string of the molecule is CCOC(=O)c1cccc2cccc(-c3cc4cc(CC(C)C)ccc4cn3)c12. The van der Waals surface area contributed by atoms with Gasteiger partial charge < -0.3 is 4.74 Å². The average molecular weight is 383 g/mol. The van der Waals surface area contributed by atoms with E-state index >= 15 is 0 Å². The molecular formula is C26H25NO2. The molecule has 4 aromatic rings. The van der Waals surface area contributed by atoms with Gasteiger partial charge in [0, 0.05) is 22.5 Å². The van der Waals surface area contributed by atoms with Crippen molar-refractivity contribution in [2.24, 2.45) is 5.92 Å². The van der Waals surface area contributed by atoms with Crippen LogP contribution in [0.2, 0.25) is 0 Å². The summed E-state index contributed by atoms with van der Waals surface area (Å²) in [6, 6.07) is 20.5. The standard InChI is InChI=1S/C26H25NO2/c1-4-29-26(28)23-10-6-8-19-7-5-9-22(25(19)23)24-15-21-14-18(13-17(2)3)11-12-20(21)16-27-24/h5-12,14-17H,4,13H2,1-3H3. The van der Waals surface area contributed by atoms with Crippen molar-refractivity contribution < 1.29 is 9.53 Å². The zero-order valence-corrected chi connectivity index (χ0v) is 17.1. The molecule has 0 fully saturated rings. The largest absolute Gasteiger partial charge is 0.462 e. The van der Waals surface area contributed by atoms with E-state index in [1.807, 2.05) is 49.5 Å². The van der Waals surface area contributed by atoms with Crippen LogP contribution in [0.1, 0.15) is 36.7 Å². The predicted molar refractivity (Wildman–Crippen MR) is 119 cm³/mol. The average Bonchev–Trinajstić information content (AvgIpc) is 2.72. The Morgan fingerprint density at radius 2 is 1.76 bits per heavy atom. The Hall–Kier alpha value is -3.20. The van der Waals surface area contributed by atoms with E-state index in [2.05, 4.69) is 38.1 Å². The first-order valence-electron chi connectivity index (χ1n) is 10.1. The monoisotopic (exact) mass is 383 g/mol. The maximum absolute atomic E-state index is 12.6. The first-order chi connectivity index (χ1) is 14.1. The summed E-state index contributed by atoms with van der Waals surface area (Å²) in [5.74, 6) is 0.310. The Balaban J connectivity index is 1.89. The molecule has 0 saturated carbocycles. The van der Waals surface area contributed by atoms with Crippen LogP contribution in [-0.2, 0) is 11.2 Å². The molecule has 0 aliphatic heterocycles. The molecule has 3 nitrogen and oxygen atoms in total. The van der Waals surface area contributed by atoms with Gasteiger partial charge in [0.25, 0.3) is 0 Å². The van der Waals surface area contributed by atoms with E-state index < -0.39 is 0 Å². The van der Waals surface area contributed by atoms with Crippen LogP contribution in [0, 0.1) is 5.92 Å². The smallest absolute Gasteiger partial charge is 0.338 e. The zero-order chi connectivity index (χ0) is 20.4. The van der Waals surface area contributed by atoms with Crippen molar-refractivity contribution >= 4 is 27.5 Å². The van der Waals surface area contributed by atoms with Crippen molar-refractivity contribution in [3.63, 3.8) is 0 Å². The van der Waals surface area contributed by atoms with E-state index in [0.29, 0.717) is 18.1 Å². The molecule has 0 unspecified atom stereocenters. The van der Waals surface area contributed by atoms with Crippen LogP contribution in [-0.4, -0.2) is 17.6 Å². The van der Waals surface area contributed by atoms with Crippen molar-refractivity contribution in [2.45, 2.75) is 27.2 Å². The number of aromatic nitrogens is 1. The van der Waals surface area contributed by atoms with E-state index in [0.717, 1.165) is 33.8 Å². The van der Waals surface area contributed by atoms with Gasteiger partial charge in [0.2, 0.25) is 0 Å². The van der Waals surface area contributed by atoms with Gasteiger partial charge >= 0.3 is 5.97 Å². The number of benzene rings is 3. The molecule has 3 aromatic carbocycles. The summed E-state index contributed by atoms with van der Waals surface area (Å²) < 4.78 is 5.29. The van der Waals surface area contributed by atoms with E-state index in [4.69, 9.17) is 9.72 Å². The fourth-order valence-electron chi connectivity index (χ4n) is 3.87. The Morgan fingerprint density at radius 1 is 0.966 bits per heavy atom. The van der Waals surface area contributed by atoms with Crippen molar-refractivity contribution in [3.8, 4) is 11.3 Å². The molecule has 4 rings (SSSR count). The van der Waals surface area contributed by atoms with Crippen LogP contribution in [0.5, 0.6) is 0 Å². The second-order valence-electron chi connectivity index (χ2n) is 7.78. The highest BCUT2D eigenvalue weighted by molar-refractivity contribution is 6.10. The molecule has 0 aliphatic carbocycles. The molecule has 29 heavy (non-hydrogen) atoms. The molecule has 0 amide bonds. The lowest BCUT2D eigenvalue weighted by Gasteiger charge is -2.12. The van der Waals surface area contributed by atoms with Gasteiger partial charge in [-0.25, -0.2) is 4.79 Å². The number of ether oxygens (including phenoxy) is 1. The third-order valence-corrected chi connectivity index (χ3v) is 5.11. The summed E-state index contributed by atoms with van der Waals surface area (Å²) >= 11 is 0. The Kier molecular flexibility index (Phi) is 5.30. The molecule has 1 heterocycles. The number of rotatable bonds is 5. The molecule has 0 spiro atoms. The Bertz CT molecular complexity index is 1190. The highest BCUT2D eigenvalue weighted by Crippen LogP contribution is 2.32. The molecule has 3 heteroatoms. The van der Waals surface area contributed by atoms with Crippen LogP contribution in [0.25, 0.3) is 32.8 Å². The van der Waals surface area contributed by atoms with E-state index in [9.17, 15) is 4.79 Å². The summed E-state index contributed by atoms with van der Waals surface area (Å²) in [6.07, 6.45) is 2.96. The molecular weight excluding hydrogens is 358 g/mol. The molecule has 0 aliphatic rings. The molecule has 0 atom stereocenters. The summed E-state index contributed by atoms with van der Waals surface area (Å²) in [5.41, 5.74) is 3.72. The number of hydrogen-bond acceptors (Lipinski definition) is 3. The summed E-state index contributed by atoms with van der Waals surface area (Å²) in [7, 11) is 0.